The highest BCUT2D eigenvalue weighted by atomic mass is 35.5. The first-order valence-electron chi connectivity index (χ1n) is 8.31. The van der Waals surface area contributed by atoms with Crippen LogP contribution in [0.3, 0.4) is 0 Å². The predicted octanol–water partition coefficient (Wildman–Crippen LogP) is 3.47. The molecule has 4 aromatic rings. The van der Waals surface area contributed by atoms with E-state index in [-0.39, 0.29) is 17.6 Å². The first-order valence-corrected chi connectivity index (χ1v) is 8.69. The summed E-state index contributed by atoms with van der Waals surface area (Å²) in [5, 5.41) is 0.854. The molecule has 2 heterocycles. The summed E-state index contributed by atoms with van der Waals surface area (Å²) < 4.78 is 12.3. The molecule has 0 aliphatic rings. The smallest absolute Gasteiger partial charge is 0.269 e. The number of hydrogen-bond donors (Lipinski definition) is 0. The average molecular weight is 383 g/mol. The van der Waals surface area contributed by atoms with Crippen LogP contribution in [-0.4, -0.2) is 23.3 Å². The van der Waals surface area contributed by atoms with Crippen molar-refractivity contribution in [1.29, 1.82) is 0 Å². The molecule has 0 aliphatic heterocycles. The Kier molecular flexibility index (Phi) is 4.51. The third-order valence-electron chi connectivity index (χ3n) is 4.32. The summed E-state index contributed by atoms with van der Waals surface area (Å²) in [6.45, 7) is 0.551. The van der Waals surface area contributed by atoms with Crippen molar-refractivity contribution in [3.8, 4) is 11.4 Å². The van der Waals surface area contributed by atoms with E-state index in [4.69, 9.17) is 20.8 Å². The zero-order chi connectivity index (χ0) is 19.0. The molecule has 0 unspecified atom stereocenters. The number of aromatic nitrogens is 2. The molecule has 27 heavy (non-hydrogen) atoms. The Balaban J connectivity index is 2.10. The predicted molar refractivity (Wildman–Crippen MR) is 104 cm³/mol. The molecule has 4 rings (SSSR count). The maximum Gasteiger partial charge on any atom is 0.269 e. The van der Waals surface area contributed by atoms with Crippen LogP contribution in [0.5, 0.6) is 0 Å². The van der Waals surface area contributed by atoms with Crippen molar-refractivity contribution in [2.45, 2.75) is 6.54 Å². The third-order valence-corrected chi connectivity index (χ3v) is 4.57. The van der Waals surface area contributed by atoms with Gasteiger partial charge in [0.2, 0.25) is 11.1 Å². The summed E-state index contributed by atoms with van der Waals surface area (Å²) in [6, 6.07) is 13.7. The molecule has 0 fully saturated rings. The zero-order valence-electron chi connectivity index (χ0n) is 14.4. The van der Waals surface area contributed by atoms with Gasteiger partial charge in [0.05, 0.1) is 18.5 Å². The van der Waals surface area contributed by atoms with Crippen molar-refractivity contribution in [2.24, 2.45) is 0 Å². The lowest BCUT2D eigenvalue weighted by Crippen LogP contribution is -2.28. The van der Waals surface area contributed by atoms with Gasteiger partial charge < -0.3 is 9.15 Å². The van der Waals surface area contributed by atoms with E-state index in [0.29, 0.717) is 34.0 Å². The molecule has 0 bridgehead atoms. The highest BCUT2D eigenvalue weighted by Crippen LogP contribution is 2.22. The lowest BCUT2D eigenvalue weighted by Gasteiger charge is -2.13. The Morgan fingerprint density at radius 2 is 1.85 bits per heavy atom. The lowest BCUT2D eigenvalue weighted by atomic mass is 10.1. The second-order valence-electron chi connectivity index (χ2n) is 6.00. The van der Waals surface area contributed by atoms with Gasteiger partial charge in [0.25, 0.3) is 5.56 Å². The molecule has 0 spiro atoms. The lowest BCUT2D eigenvalue weighted by molar-refractivity contribution is 0.186. The number of nitrogens with zero attached hydrogens (tertiary/aromatic N) is 2. The van der Waals surface area contributed by atoms with E-state index >= 15 is 0 Å². The van der Waals surface area contributed by atoms with Gasteiger partial charge in [0, 0.05) is 17.7 Å². The largest absolute Gasteiger partial charge is 0.437 e. The number of para-hydroxylation sites is 1. The fourth-order valence-electron chi connectivity index (χ4n) is 2.99. The molecule has 6 nitrogen and oxygen atoms in total. The minimum absolute atomic E-state index is 0.0160. The second kappa shape index (κ2) is 6.98. The molecular formula is C20H15ClN2O4. The van der Waals surface area contributed by atoms with Gasteiger partial charge in [0.15, 0.2) is 5.39 Å². The van der Waals surface area contributed by atoms with Crippen LogP contribution < -0.4 is 11.0 Å². The number of ether oxygens (including phenoxy) is 1. The second-order valence-corrected chi connectivity index (χ2v) is 6.44. The molecule has 0 saturated heterocycles. The maximum absolute atomic E-state index is 13.1. The highest BCUT2D eigenvalue weighted by Gasteiger charge is 2.18. The van der Waals surface area contributed by atoms with Crippen LogP contribution >= 0.6 is 11.6 Å². The van der Waals surface area contributed by atoms with Crippen LogP contribution in [0.4, 0.5) is 0 Å². The number of methoxy groups -OCH3 is 1. The Labute approximate surface area is 158 Å². The van der Waals surface area contributed by atoms with Gasteiger partial charge in [-0.3, -0.25) is 14.2 Å². The Morgan fingerprint density at radius 1 is 1.11 bits per heavy atom. The number of rotatable bonds is 4. The van der Waals surface area contributed by atoms with Gasteiger partial charge in [-0.05, 0) is 36.4 Å². The summed E-state index contributed by atoms with van der Waals surface area (Å²) in [4.78, 5) is 30.5. The monoisotopic (exact) mass is 382 g/mol. The van der Waals surface area contributed by atoms with Crippen molar-refractivity contribution in [3.05, 3.63) is 74.1 Å². The number of benzene rings is 2. The van der Waals surface area contributed by atoms with Crippen molar-refractivity contribution >= 4 is 33.7 Å². The van der Waals surface area contributed by atoms with Gasteiger partial charge in [-0.15, -0.1) is 0 Å². The summed E-state index contributed by atoms with van der Waals surface area (Å²) >= 11 is 5.97. The molecule has 7 heteroatoms. The van der Waals surface area contributed by atoms with E-state index in [2.05, 4.69) is 4.98 Å². The van der Waals surface area contributed by atoms with Crippen LogP contribution in [0.2, 0.25) is 5.02 Å². The minimum atomic E-state index is -0.457. The quantitative estimate of drug-likeness (QED) is 0.505. The third kappa shape index (κ3) is 3.03. The fraction of sp³-hybridized carbons (Fsp3) is 0.150. The van der Waals surface area contributed by atoms with Gasteiger partial charge in [-0.25, -0.2) is 0 Å². The molecule has 0 N–H and O–H groups in total. The van der Waals surface area contributed by atoms with E-state index in [9.17, 15) is 9.59 Å². The van der Waals surface area contributed by atoms with Crippen molar-refractivity contribution in [3.63, 3.8) is 0 Å². The molecular weight excluding hydrogens is 368 g/mol. The average Bonchev–Trinajstić information content (AvgIpc) is 2.68. The van der Waals surface area contributed by atoms with E-state index in [1.54, 1.807) is 55.6 Å². The first kappa shape index (κ1) is 17.5. The molecule has 0 radical (unpaired) electrons. The van der Waals surface area contributed by atoms with Gasteiger partial charge in [0.1, 0.15) is 11.4 Å². The Morgan fingerprint density at radius 3 is 2.59 bits per heavy atom. The standard InChI is InChI=1S/C20H15ClN2O4/c1-26-11-10-23-18(12-6-8-13(21)9-7-12)22-19-16(20(23)25)17(24)14-4-2-3-5-15(14)27-19/h2-9H,10-11H2,1H3. The van der Waals surface area contributed by atoms with Crippen LogP contribution in [0.25, 0.3) is 33.5 Å². The van der Waals surface area contributed by atoms with Crippen molar-refractivity contribution in [2.75, 3.05) is 13.7 Å². The van der Waals surface area contributed by atoms with E-state index in [1.807, 2.05) is 0 Å². The van der Waals surface area contributed by atoms with E-state index in [0.717, 1.165) is 0 Å². The topological polar surface area (TPSA) is 74.3 Å². The molecule has 0 atom stereocenters. The van der Waals surface area contributed by atoms with Crippen LogP contribution in [0.1, 0.15) is 0 Å². The highest BCUT2D eigenvalue weighted by molar-refractivity contribution is 6.30. The molecule has 136 valence electrons. The first-order chi connectivity index (χ1) is 13.1. The number of hydrogen-bond acceptors (Lipinski definition) is 5. The molecule has 0 aliphatic carbocycles. The van der Waals surface area contributed by atoms with Gasteiger partial charge in [-0.1, -0.05) is 23.7 Å². The maximum atomic E-state index is 13.1. The normalized spacial score (nSPS) is 11.3. The van der Waals surface area contributed by atoms with Crippen molar-refractivity contribution < 1.29 is 9.15 Å². The Hall–Kier alpha value is -2.96. The minimum Gasteiger partial charge on any atom is -0.437 e. The zero-order valence-corrected chi connectivity index (χ0v) is 15.2. The van der Waals surface area contributed by atoms with Gasteiger partial charge in [-0.2, -0.15) is 4.98 Å². The van der Waals surface area contributed by atoms with Crippen LogP contribution in [-0.2, 0) is 11.3 Å². The molecule has 0 saturated carbocycles. The van der Waals surface area contributed by atoms with E-state index < -0.39 is 11.0 Å². The van der Waals surface area contributed by atoms with E-state index in [1.165, 1.54) is 4.57 Å². The fourth-order valence-corrected chi connectivity index (χ4v) is 3.12. The molecule has 2 aromatic carbocycles. The summed E-state index contributed by atoms with van der Waals surface area (Å²) in [6.07, 6.45) is 0. The summed E-state index contributed by atoms with van der Waals surface area (Å²) in [7, 11) is 1.54. The van der Waals surface area contributed by atoms with Crippen molar-refractivity contribution in [1.82, 2.24) is 9.55 Å². The van der Waals surface area contributed by atoms with Gasteiger partial charge >= 0.3 is 0 Å². The van der Waals surface area contributed by atoms with Crippen LogP contribution in [0, 0.1) is 0 Å². The SMILES string of the molecule is COCCn1c(-c2ccc(Cl)cc2)nc2oc3ccccc3c(=O)c2c1=O. The molecule has 0 amide bonds. The summed E-state index contributed by atoms with van der Waals surface area (Å²) in [5.41, 5.74) is 0.242. The number of fused-ring (bicyclic) bond motifs is 2. The number of halogens is 1. The van der Waals surface area contributed by atoms with Crippen LogP contribution in [0.15, 0.2) is 62.5 Å². The Bertz CT molecular complexity index is 1260. The summed E-state index contributed by atoms with van der Waals surface area (Å²) in [5.74, 6) is 0.389. The molecule has 2 aromatic heterocycles.